The maximum absolute atomic E-state index is 13.1. The first-order chi connectivity index (χ1) is 9.01. The Morgan fingerprint density at radius 3 is 2.15 bits per heavy atom. The third-order valence-electron chi connectivity index (χ3n) is 3.73. The Balaban J connectivity index is 2.54. The van der Waals surface area contributed by atoms with E-state index in [-0.39, 0.29) is 5.41 Å². The molecule has 0 saturated heterocycles. The molecular formula is C14H22F3N3. The fourth-order valence-electron chi connectivity index (χ4n) is 2.65. The van der Waals surface area contributed by atoms with E-state index in [0.29, 0.717) is 37.1 Å². The van der Waals surface area contributed by atoms with Crippen molar-refractivity contribution in [1.29, 1.82) is 0 Å². The second kappa shape index (κ2) is 4.76. The number of alkyl halides is 3. The molecule has 1 aromatic heterocycles. The van der Waals surface area contributed by atoms with Gasteiger partial charge in [-0.15, -0.1) is 0 Å². The second-order valence-corrected chi connectivity index (χ2v) is 6.69. The summed E-state index contributed by atoms with van der Waals surface area (Å²) in [6, 6.07) is 0.320. The summed E-state index contributed by atoms with van der Waals surface area (Å²) in [6.07, 6.45) is -4.39. The van der Waals surface area contributed by atoms with Crippen LogP contribution in [0.25, 0.3) is 0 Å². The zero-order valence-electron chi connectivity index (χ0n) is 12.7. The topological polar surface area (TPSA) is 21.1 Å². The molecule has 0 saturated carbocycles. The van der Waals surface area contributed by atoms with E-state index in [4.69, 9.17) is 0 Å². The maximum Gasteiger partial charge on any atom is 0.449 e. The zero-order valence-corrected chi connectivity index (χ0v) is 12.7. The standard InChI is InChI=1S/C14H22F3N3/c1-9(2)19-6-7-20-10(8-19)11(13(3,4)5)18-12(20)14(15,16)17/h9H,6-8H2,1-5H3. The molecule has 0 spiro atoms. The lowest BCUT2D eigenvalue weighted by atomic mass is 9.90. The highest BCUT2D eigenvalue weighted by Gasteiger charge is 2.41. The minimum Gasteiger partial charge on any atom is -0.322 e. The highest BCUT2D eigenvalue weighted by Crippen LogP contribution is 2.36. The number of hydrogen-bond acceptors (Lipinski definition) is 2. The largest absolute Gasteiger partial charge is 0.449 e. The molecule has 0 bridgehead atoms. The van der Waals surface area contributed by atoms with Crippen LogP contribution >= 0.6 is 0 Å². The number of halogens is 3. The van der Waals surface area contributed by atoms with Crippen molar-refractivity contribution in [3.8, 4) is 0 Å². The third-order valence-corrected chi connectivity index (χ3v) is 3.73. The summed E-state index contributed by atoms with van der Waals surface area (Å²) in [5, 5.41) is 0. The molecule has 0 atom stereocenters. The van der Waals surface area contributed by atoms with E-state index in [1.807, 2.05) is 20.8 Å². The van der Waals surface area contributed by atoms with E-state index in [1.165, 1.54) is 4.57 Å². The zero-order chi connectivity index (χ0) is 15.3. The van der Waals surface area contributed by atoms with Crippen LogP contribution in [0.4, 0.5) is 13.2 Å². The van der Waals surface area contributed by atoms with E-state index in [0.717, 1.165) is 0 Å². The molecule has 0 N–H and O–H groups in total. The molecule has 0 amide bonds. The van der Waals surface area contributed by atoms with Gasteiger partial charge in [0.05, 0.1) is 11.4 Å². The normalized spacial score (nSPS) is 17.6. The van der Waals surface area contributed by atoms with Crippen molar-refractivity contribution < 1.29 is 13.2 Å². The van der Waals surface area contributed by atoms with Gasteiger partial charge in [0, 0.05) is 31.1 Å². The molecular weight excluding hydrogens is 267 g/mol. The summed E-state index contributed by atoms with van der Waals surface area (Å²) in [5.74, 6) is -0.749. The molecule has 2 rings (SSSR count). The molecule has 0 fully saturated rings. The molecule has 6 heteroatoms. The van der Waals surface area contributed by atoms with Crippen LogP contribution in [0.15, 0.2) is 0 Å². The Bertz CT molecular complexity index is 495. The summed E-state index contributed by atoms with van der Waals surface area (Å²) in [7, 11) is 0. The molecule has 114 valence electrons. The number of nitrogens with zero attached hydrogens (tertiary/aromatic N) is 3. The van der Waals surface area contributed by atoms with Crippen LogP contribution in [0.5, 0.6) is 0 Å². The molecule has 1 aliphatic rings. The third kappa shape index (κ3) is 2.71. The van der Waals surface area contributed by atoms with Crippen molar-refractivity contribution >= 4 is 0 Å². The van der Waals surface area contributed by atoms with Gasteiger partial charge in [-0.1, -0.05) is 20.8 Å². The van der Waals surface area contributed by atoms with Crippen LogP contribution in [0.2, 0.25) is 0 Å². The number of imidazole rings is 1. The van der Waals surface area contributed by atoms with Crippen LogP contribution in [0.1, 0.15) is 51.8 Å². The summed E-state index contributed by atoms with van der Waals surface area (Å²) in [6.45, 7) is 11.4. The lowest BCUT2D eigenvalue weighted by Crippen LogP contribution is -2.39. The van der Waals surface area contributed by atoms with Crippen LogP contribution in [0.3, 0.4) is 0 Å². The SMILES string of the molecule is CC(C)N1CCn2c(C(F)(F)F)nc(C(C)(C)C)c2C1. The summed E-state index contributed by atoms with van der Waals surface area (Å²) in [4.78, 5) is 6.13. The van der Waals surface area contributed by atoms with Crippen molar-refractivity contribution in [3.05, 3.63) is 17.2 Å². The van der Waals surface area contributed by atoms with Gasteiger partial charge in [-0.3, -0.25) is 4.90 Å². The Morgan fingerprint density at radius 1 is 1.10 bits per heavy atom. The molecule has 1 aromatic rings. The van der Waals surface area contributed by atoms with E-state index in [9.17, 15) is 13.2 Å². The summed E-state index contributed by atoms with van der Waals surface area (Å²) < 4.78 is 40.8. The van der Waals surface area contributed by atoms with Crippen molar-refractivity contribution in [2.75, 3.05) is 6.54 Å². The average molecular weight is 289 g/mol. The minimum atomic E-state index is -4.39. The number of hydrogen-bond donors (Lipinski definition) is 0. The van der Waals surface area contributed by atoms with Gasteiger partial charge in [0.2, 0.25) is 5.82 Å². The monoisotopic (exact) mass is 289 g/mol. The quantitative estimate of drug-likeness (QED) is 0.790. The molecule has 2 heterocycles. The van der Waals surface area contributed by atoms with Gasteiger partial charge >= 0.3 is 6.18 Å². The Hall–Kier alpha value is -1.04. The van der Waals surface area contributed by atoms with Gasteiger partial charge in [0.15, 0.2) is 0 Å². The smallest absolute Gasteiger partial charge is 0.322 e. The first kappa shape index (κ1) is 15.4. The van der Waals surface area contributed by atoms with Crippen LogP contribution in [-0.4, -0.2) is 27.0 Å². The predicted molar refractivity (Wildman–Crippen MR) is 71.5 cm³/mol. The fraction of sp³-hybridized carbons (Fsp3) is 0.786. The van der Waals surface area contributed by atoms with E-state index < -0.39 is 12.0 Å². The first-order valence-electron chi connectivity index (χ1n) is 6.93. The molecule has 3 nitrogen and oxygen atoms in total. The fourth-order valence-corrected chi connectivity index (χ4v) is 2.65. The van der Waals surface area contributed by atoms with Gasteiger partial charge in [-0.2, -0.15) is 13.2 Å². The molecule has 20 heavy (non-hydrogen) atoms. The number of fused-ring (bicyclic) bond motifs is 1. The average Bonchev–Trinajstić information content (AvgIpc) is 2.65. The Morgan fingerprint density at radius 2 is 1.70 bits per heavy atom. The highest BCUT2D eigenvalue weighted by molar-refractivity contribution is 5.26. The van der Waals surface area contributed by atoms with Gasteiger partial charge in [-0.25, -0.2) is 4.98 Å². The van der Waals surface area contributed by atoms with Crippen LogP contribution in [0, 0.1) is 0 Å². The van der Waals surface area contributed by atoms with E-state index in [1.54, 1.807) is 0 Å². The first-order valence-corrected chi connectivity index (χ1v) is 6.93. The minimum absolute atomic E-state index is 0.320. The summed E-state index contributed by atoms with van der Waals surface area (Å²) >= 11 is 0. The lowest BCUT2D eigenvalue weighted by Gasteiger charge is -2.33. The van der Waals surface area contributed by atoms with Gasteiger partial charge in [-0.05, 0) is 13.8 Å². The Labute approximate surface area is 117 Å². The predicted octanol–water partition coefficient (Wildman–Crippen LogP) is 3.42. The van der Waals surface area contributed by atoms with Crippen LogP contribution < -0.4 is 0 Å². The molecule has 0 radical (unpaired) electrons. The van der Waals surface area contributed by atoms with E-state index in [2.05, 4.69) is 23.7 Å². The number of rotatable bonds is 1. The van der Waals surface area contributed by atoms with Crippen LogP contribution in [-0.2, 0) is 24.7 Å². The molecule has 0 aromatic carbocycles. The van der Waals surface area contributed by atoms with E-state index >= 15 is 0 Å². The second-order valence-electron chi connectivity index (χ2n) is 6.69. The van der Waals surface area contributed by atoms with Crippen molar-refractivity contribution in [3.63, 3.8) is 0 Å². The Kier molecular flexibility index (Phi) is 3.65. The molecule has 0 aliphatic carbocycles. The van der Waals surface area contributed by atoms with Crippen molar-refractivity contribution in [1.82, 2.24) is 14.5 Å². The van der Waals surface area contributed by atoms with Crippen molar-refractivity contribution in [2.24, 2.45) is 0 Å². The molecule has 1 aliphatic heterocycles. The van der Waals surface area contributed by atoms with Gasteiger partial charge in [0.1, 0.15) is 0 Å². The van der Waals surface area contributed by atoms with Crippen molar-refractivity contribution in [2.45, 2.75) is 65.3 Å². The maximum atomic E-state index is 13.1. The summed E-state index contributed by atoms with van der Waals surface area (Å²) in [5.41, 5.74) is 0.889. The number of aromatic nitrogens is 2. The lowest BCUT2D eigenvalue weighted by molar-refractivity contribution is -0.147. The highest BCUT2D eigenvalue weighted by atomic mass is 19.4. The van der Waals surface area contributed by atoms with Gasteiger partial charge in [0.25, 0.3) is 0 Å². The van der Waals surface area contributed by atoms with Gasteiger partial charge < -0.3 is 4.57 Å². The molecule has 0 unspecified atom stereocenters.